The summed E-state index contributed by atoms with van der Waals surface area (Å²) < 4.78 is 0. The highest BCUT2D eigenvalue weighted by Crippen LogP contribution is 2.51. The molecular weight excluding hydrogens is 665 g/mol. The summed E-state index contributed by atoms with van der Waals surface area (Å²) in [7, 11) is 0. The zero-order valence-corrected chi connectivity index (χ0v) is 30.9. The maximum atomic E-state index is 5.47. The molecule has 0 fully saturated rings. The van der Waals surface area contributed by atoms with Gasteiger partial charge in [0.1, 0.15) is 0 Å². The van der Waals surface area contributed by atoms with Crippen molar-refractivity contribution < 1.29 is 0 Å². The van der Waals surface area contributed by atoms with Crippen LogP contribution in [-0.4, -0.2) is 9.97 Å². The molecule has 0 amide bonds. The van der Waals surface area contributed by atoms with Crippen molar-refractivity contribution in [1.82, 2.24) is 9.97 Å². The fourth-order valence-electron chi connectivity index (χ4n) is 8.40. The number of fused-ring (bicyclic) bond motifs is 4. The van der Waals surface area contributed by atoms with Crippen molar-refractivity contribution in [1.29, 1.82) is 0 Å². The summed E-state index contributed by atoms with van der Waals surface area (Å²) in [5.74, 6) is 0.756. The minimum atomic E-state index is -0.276. The molecule has 0 spiro atoms. The minimum Gasteiger partial charge on any atom is -0.231 e. The number of nitrogens with zero attached hydrogens (tertiary/aromatic N) is 2. The van der Waals surface area contributed by atoms with E-state index in [4.69, 9.17) is 9.97 Å². The molecule has 2 nitrogen and oxygen atoms in total. The highest BCUT2D eigenvalue weighted by atomic mass is 14.9. The van der Waals surface area contributed by atoms with Crippen molar-refractivity contribution in [3.05, 3.63) is 205 Å². The third-order valence-electron chi connectivity index (χ3n) is 11.2. The van der Waals surface area contributed by atoms with Crippen LogP contribution in [0.1, 0.15) is 25.1 Å². The highest BCUT2D eigenvalue weighted by molar-refractivity contribution is 5.97. The van der Waals surface area contributed by atoms with E-state index < -0.39 is 0 Å². The van der Waals surface area contributed by atoms with E-state index in [1.54, 1.807) is 0 Å². The highest BCUT2D eigenvalue weighted by Gasteiger charge is 2.39. The van der Waals surface area contributed by atoms with Gasteiger partial charge in [-0.25, -0.2) is 9.97 Å². The SMILES string of the molecule is CC1(C)c2ccccc2-c2c(-c3cccc(-c4cccc(-c5cc(-c6ccccc6)cc(-c6ccccc6)c5)c4)c3)nc(-c3cccc4ccccc34)nc21. The summed E-state index contributed by atoms with van der Waals surface area (Å²) in [5.41, 5.74) is 17.0. The largest absolute Gasteiger partial charge is 0.231 e. The predicted octanol–water partition coefficient (Wildman–Crippen LogP) is 13.9. The molecule has 1 aromatic heterocycles. The summed E-state index contributed by atoms with van der Waals surface area (Å²) >= 11 is 0. The quantitative estimate of drug-likeness (QED) is 0.172. The van der Waals surface area contributed by atoms with Gasteiger partial charge in [-0.2, -0.15) is 0 Å². The first-order valence-corrected chi connectivity index (χ1v) is 19.0. The van der Waals surface area contributed by atoms with Crippen LogP contribution in [0.25, 0.3) is 89.1 Å². The first-order valence-electron chi connectivity index (χ1n) is 19.0. The Morgan fingerprint density at radius 1 is 0.364 bits per heavy atom. The Labute approximate surface area is 322 Å². The van der Waals surface area contributed by atoms with E-state index in [9.17, 15) is 0 Å². The normalized spacial score (nSPS) is 12.7. The Morgan fingerprint density at radius 3 is 1.51 bits per heavy atom. The van der Waals surface area contributed by atoms with Gasteiger partial charge in [0.25, 0.3) is 0 Å². The zero-order chi connectivity index (χ0) is 36.9. The number of hydrogen-bond donors (Lipinski definition) is 0. The van der Waals surface area contributed by atoms with Crippen LogP contribution < -0.4 is 0 Å². The molecule has 1 heterocycles. The van der Waals surface area contributed by atoms with E-state index in [2.05, 4.69) is 208 Å². The summed E-state index contributed by atoms with van der Waals surface area (Å²) in [5, 5.41) is 2.34. The Balaban J connectivity index is 1.12. The van der Waals surface area contributed by atoms with Gasteiger partial charge in [-0.05, 0) is 96.7 Å². The van der Waals surface area contributed by atoms with Crippen LogP contribution >= 0.6 is 0 Å². The molecule has 0 atom stereocenters. The fraction of sp³-hybridized carbons (Fsp3) is 0.0566. The predicted molar refractivity (Wildman–Crippen MR) is 230 cm³/mol. The van der Waals surface area contributed by atoms with Crippen molar-refractivity contribution in [2.24, 2.45) is 0 Å². The first kappa shape index (κ1) is 32.7. The molecule has 8 aromatic carbocycles. The Kier molecular flexibility index (Phi) is 7.85. The second-order valence-corrected chi connectivity index (χ2v) is 15.0. The average molecular weight is 703 g/mol. The monoisotopic (exact) mass is 702 g/mol. The van der Waals surface area contributed by atoms with Crippen molar-refractivity contribution in [3.8, 4) is 78.3 Å². The van der Waals surface area contributed by atoms with Crippen LogP contribution in [0, 0.1) is 0 Å². The van der Waals surface area contributed by atoms with Gasteiger partial charge in [-0.3, -0.25) is 0 Å². The molecule has 1 aliphatic rings. The lowest BCUT2D eigenvalue weighted by Crippen LogP contribution is -2.17. The van der Waals surface area contributed by atoms with Gasteiger partial charge >= 0.3 is 0 Å². The van der Waals surface area contributed by atoms with Crippen LogP contribution in [-0.2, 0) is 5.41 Å². The standard InChI is InChI=1S/C53H38N2/c1-53(2)48-29-12-11-27-47(48)49-50(54-52(55-51(49)53)46-28-15-21-37-20-9-10-26-45(37)46)41-25-14-23-39(31-41)38-22-13-24-40(30-38)44-33-42(35-16-5-3-6-17-35)32-43(34-44)36-18-7-4-8-19-36/h3-34H,1-2H3. The number of rotatable bonds is 6. The van der Waals surface area contributed by atoms with Crippen LogP contribution in [0.15, 0.2) is 194 Å². The second kappa shape index (κ2) is 13.2. The molecule has 0 unspecified atom stereocenters. The van der Waals surface area contributed by atoms with Crippen molar-refractivity contribution in [2.45, 2.75) is 19.3 Å². The molecule has 0 saturated heterocycles. The maximum Gasteiger partial charge on any atom is 0.160 e. The summed E-state index contributed by atoms with van der Waals surface area (Å²) in [6.45, 7) is 4.58. The lowest BCUT2D eigenvalue weighted by molar-refractivity contribution is 0.636. The molecule has 0 N–H and O–H groups in total. The number of aromatic nitrogens is 2. The van der Waals surface area contributed by atoms with E-state index in [-0.39, 0.29) is 5.41 Å². The van der Waals surface area contributed by atoms with Gasteiger partial charge < -0.3 is 0 Å². The van der Waals surface area contributed by atoms with Crippen LogP contribution in [0.5, 0.6) is 0 Å². The molecule has 260 valence electrons. The molecule has 0 radical (unpaired) electrons. The van der Waals surface area contributed by atoms with Gasteiger partial charge in [-0.15, -0.1) is 0 Å². The lowest BCUT2D eigenvalue weighted by Gasteiger charge is -2.21. The average Bonchev–Trinajstić information content (AvgIpc) is 3.49. The topological polar surface area (TPSA) is 25.8 Å². The van der Waals surface area contributed by atoms with Crippen LogP contribution in [0.2, 0.25) is 0 Å². The van der Waals surface area contributed by atoms with E-state index in [1.165, 1.54) is 49.9 Å². The number of benzene rings is 8. The van der Waals surface area contributed by atoms with Gasteiger partial charge in [-0.1, -0.05) is 178 Å². The van der Waals surface area contributed by atoms with E-state index in [1.807, 2.05) is 0 Å². The molecule has 55 heavy (non-hydrogen) atoms. The van der Waals surface area contributed by atoms with Crippen LogP contribution in [0.3, 0.4) is 0 Å². The van der Waals surface area contributed by atoms with Gasteiger partial charge in [0.15, 0.2) is 5.82 Å². The van der Waals surface area contributed by atoms with E-state index in [0.29, 0.717) is 0 Å². The van der Waals surface area contributed by atoms with Gasteiger partial charge in [0, 0.05) is 22.1 Å². The Bertz CT molecular complexity index is 2820. The minimum absolute atomic E-state index is 0.276. The Hall–Kier alpha value is -6.90. The number of hydrogen-bond acceptors (Lipinski definition) is 2. The lowest BCUT2D eigenvalue weighted by atomic mass is 9.85. The summed E-state index contributed by atoms with van der Waals surface area (Å²) in [6, 6.07) is 69.7. The van der Waals surface area contributed by atoms with E-state index >= 15 is 0 Å². The van der Waals surface area contributed by atoms with Gasteiger partial charge in [0.05, 0.1) is 11.4 Å². The van der Waals surface area contributed by atoms with Crippen molar-refractivity contribution >= 4 is 10.8 Å². The molecule has 1 aliphatic carbocycles. The molecule has 0 aliphatic heterocycles. The van der Waals surface area contributed by atoms with Crippen molar-refractivity contribution in [3.63, 3.8) is 0 Å². The zero-order valence-electron chi connectivity index (χ0n) is 30.9. The third-order valence-corrected chi connectivity index (χ3v) is 11.2. The first-order chi connectivity index (χ1) is 27.0. The van der Waals surface area contributed by atoms with Crippen LogP contribution in [0.4, 0.5) is 0 Å². The second-order valence-electron chi connectivity index (χ2n) is 15.0. The Morgan fingerprint density at radius 2 is 0.818 bits per heavy atom. The van der Waals surface area contributed by atoms with Crippen molar-refractivity contribution in [2.75, 3.05) is 0 Å². The summed E-state index contributed by atoms with van der Waals surface area (Å²) in [4.78, 5) is 10.9. The fourth-order valence-corrected chi connectivity index (χ4v) is 8.40. The van der Waals surface area contributed by atoms with Gasteiger partial charge in [0.2, 0.25) is 0 Å². The molecule has 0 bridgehead atoms. The molecule has 9 aromatic rings. The smallest absolute Gasteiger partial charge is 0.160 e. The third kappa shape index (κ3) is 5.75. The molecule has 0 saturated carbocycles. The maximum absolute atomic E-state index is 5.47. The molecular formula is C53H38N2. The van der Waals surface area contributed by atoms with E-state index in [0.717, 1.165) is 50.4 Å². The summed E-state index contributed by atoms with van der Waals surface area (Å²) in [6.07, 6.45) is 0. The molecule has 2 heteroatoms. The molecule has 10 rings (SSSR count).